The van der Waals surface area contributed by atoms with Gasteiger partial charge in [0.1, 0.15) is 16.5 Å². The van der Waals surface area contributed by atoms with Crippen molar-refractivity contribution in [3.63, 3.8) is 0 Å². The average Bonchev–Trinajstić information content (AvgIpc) is 2.46. The topological polar surface area (TPSA) is 63.2 Å². The second kappa shape index (κ2) is 6.73. The van der Waals surface area contributed by atoms with Crippen LogP contribution in [-0.2, 0) is 20.0 Å². The summed E-state index contributed by atoms with van der Waals surface area (Å²) in [6.45, 7) is 6.21. The fourth-order valence-electron chi connectivity index (χ4n) is 2.20. The van der Waals surface area contributed by atoms with E-state index in [1.807, 2.05) is 12.1 Å². The molecule has 6 heteroatoms. The summed E-state index contributed by atoms with van der Waals surface area (Å²) in [6.07, 6.45) is 0. The number of rotatable bonds is 4. The molecule has 24 heavy (non-hydrogen) atoms. The second-order valence-electron chi connectivity index (χ2n) is 6.57. The maximum Gasteiger partial charge on any atom is 0.239 e. The van der Waals surface area contributed by atoms with Gasteiger partial charge in [-0.3, -0.25) is 4.79 Å². The molecule has 1 N–H and O–H groups in total. The Morgan fingerprint density at radius 2 is 1.62 bits per heavy atom. The zero-order valence-corrected chi connectivity index (χ0v) is 14.7. The van der Waals surface area contributed by atoms with Gasteiger partial charge in [-0.1, -0.05) is 45.0 Å². The number of carbonyl (C=O) groups is 1. The van der Waals surface area contributed by atoms with Crippen LogP contribution in [-0.4, -0.2) is 20.1 Å². The van der Waals surface area contributed by atoms with Crippen molar-refractivity contribution in [2.75, 3.05) is 11.1 Å². The van der Waals surface area contributed by atoms with Gasteiger partial charge in [-0.15, -0.1) is 0 Å². The maximum absolute atomic E-state index is 13.6. The van der Waals surface area contributed by atoms with E-state index < -0.39 is 32.2 Å². The van der Waals surface area contributed by atoms with E-state index in [0.29, 0.717) is 5.69 Å². The fourth-order valence-corrected chi connectivity index (χ4v) is 3.42. The number of carbonyl (C=O) groups excluding carboxylic acids is 1. The van der Waals surface area contributed by atoms with Crippen molar-refractivity contribution in [1.82, 2.24) is 0 Å². The Labute approximate surface area is 141 Å². The van der Waals surface area contributed by atoms with E-state index in [0.717, 1.165) is 17.7 Å². The van der Waals surface area contributed by atoms with Crippen LogP contribution < -0.4 is 5.32 Å². The van der Waals surface area contributed by atoms with Gasteiger partial charge >= 0.3 is 0 Å². The quantitative estimate of drug-likeness (QED) is 0.918. The van der Waals surface area contributed by atoms with E-state index in [1.54, 1.807) is 12.1 Å². The summed E-state index contributed by atoms with van der Waals surface area (Å²) in [7, 11) is -4.03. The molecular weight excluding hydrogens is 329 g/mol. The molecular formula is C18H20FNO3S. The van der Waals surface area contributed by atoms with Gasteiger partial charge in [-0.05, 0) is 35.2 Å². The standard InChI is InChI=1S/C18H20FNO3S/c1-18(2,3)13-8-10-14(11-9-13)20-17(21)12-24(22,23)16-7-5-4-6-15(16)19/h4-11H,12H2,1-3H3,(H,20,21). The Morgan fingerprint density at radius 1 is 1.04 bits per heavy atom. The van der Waals surface area contributed by atoms with Gasteiger partial charge in [0.15, 0.2) is 9.84 Å². The lowest BCUT2D eigenvalue weighted by Gasteiger charge is -2.19. The number of amides is 1. The summed E-state index contributed by atoms with van der Waals surface area (Å²) in [4.78, 5) is 11.5. The highest BCUT2D eigenvalue weighted by atomic mass is 32.2. The summed E-state index contributed by atoms with van der Waals surface area (Å²) >= 11 is 0. The van der Waals surface area contributed by atoms with Crippen LogP contribution in [0.1, 0.15) is 26.3 Å². The van der Waals surface area contributed by atoms with E-state index in [9.17, 15) is 17.6 Å². The molecule has 0 bridgehead atoms. The lowest BCUT2D eigenvalue weighted by Crippen LogP contribution is -2.23. The highest BCUT2D eigenvalue weighted by molar-refractivity contribution is 7.92. The number of anilines is 1. The van der Waals surface area contributed by atoms with E-state index in [1.165, 1.54) is 12.1 Å². The number of hydrogen-bond acceptors (Lipinski definition) is 3. The molecule has 0 saturated heterocycles. The lowest BCUT2D eigenvalue weighted by molar-refractivity contribution is -0.113. The van der Waals surface area contributed by atoms with E-state index in [-0.39, 0.29) is 5.41 Å². The third-order valence-corrected chi connectivity index (χ3v) is 5.17. The molecule has 0 aromatic heterocycles. The minimum atomic E-state index is -4.03. The van der Waals surface area contributed by atoms with Crippen LogP contribution in [0.3, 0.4) is 0 Å². The average molecular weight is 349 g/mol. The van der Waals surface area contributed by atoms with Gasteiger partial charge < -0.3 is 5.32 Å². The molecule has 0 fully saturated rings. The second-order valence-corrected chi connectivity index (χ2v) is 8.52. The molecule has 0 aliphatic carbocycles. The predicted molar refractivity (Wildman–Crippen MR) is 92.2 cm³/mol. The van der Waals surface area contributed by atoms with Crippen LogP contribution in [0.5, 0.6) is 0 Å². The number of hydrogen-bond donors (Lipinski definition) is 1. The zero-order chi connectivity index (χ0) is 18.0. The minimum absolute atomic E-state index is 0.0171. The molecule has 0 spiro atoms. The van der Waals surface area contributed by atoms with Crippen LogP contribution in [0.4, 0.5) is 10.1 Å². The molecule has 2 rings (SSSR count). The summed E-state index contributed by atoms with van der Waals surface area (Å²) < 4.78 is 37.9. The monoisotopic (exact) mass is 349 g/mol. The van der Waals surface area contributed by atoms with Crippen molar-refractivity contribution >= 4 is 21.4 Å². The molecule has 128 valence electrons. The van der Waals surface area contributed by atoms with Crippen molar-refractivity contribution in [2.24, 2.45) is 0 Å². The minimum Gasteiger partial charge on any atom is -0.325 e. The zero-order valence-electron chi connectivity index (χ0n) is 13.8. The molecule has 2 aromatic rings. The SMILES string of the molecule is CC(C)(C)c1ccc(NC(=O)CS(=O)(=O)c2ccccc2F)cc1. The molecule has 0 aliphatic rings. The molecule has 4 nitrogen and oxygen atoms in total. The Kier molecular flexibility index (Phi) is 5.08. The third kappa shape index (κ3) is 4.41. The Morgan fingerprint density at radius 3 is 2.17 bits per heavy atom. The van der Waals surface area contributed by atoms with Crippen LogP contribution in [0.25, 0.3) is 0 Å². The molecule has 0 heterocycles. The van der Waals surface area contributed by atoms with Crippen LogP contribution in [0.2, 0.25) is 0 Å². The van der Waals surface area contributed by atoms with Crippen molar-refractivity contribution in [3.05, 3.63) is 59.9 Å². The van der Waals surface area contributed by atoms with Gasteiger partial charge in [0.05, 0.1) is 0 Å². The van der Waals surface area contributed by atoms with Crippen molar-refractivity contribution in [2.45, 2.75) is 31.1 Å². The molecule has 0 atom stereocenters. The number of nitrogens with one attached hydrogen (secondary N) is 1. The van der Waals surface area contributed by atoms with E-state index >= 15 is 0 Å². The molecule has 1 amide bonds. The van der Waals surface area contributed by atoms with E-state index in [2.05, 4.69) is 26.1 Å². The van der Waals surface area contributed by atoms with Gasteiger partial charge in [0, 0.05) is 5.69 Å². The summed E-state index contributed by atoms with van der Waals surface area (Å²) in [6, 6.07) is 12.2. The first kappa shape index (κ1) is 18.1. The van der Waals surface area contributed by atoms with Gasteiger partial charge in [-0.2, -0.15) is 0 Å². The first-order chi connectivity index (χ1) is 11.1. The molecule has 2 aromatic carbocycles. The Hall–Kier alpha value is -2.21. The number of benzene rings is 2. The largest absolute Gasteiger partial charge is 0.325 e. The molecule has 0 aliphatic heterocycles. The van der Waals surface area contributed by atoms with Gasteiger partial charge in [-0.25, -0.2) is 12.8 Å². The Balaban J connectivity index is 2.09. The Bertz CT molecular complexity index is 837. The van der Waals surface area contributed by atoms with Crippen molar-refractivity contribution in [1.29, 1.82) is 0 Å². The smallest absolute Gasteiger partial charge is 0.239 e. The molecule has 0 saturated carbocycles. The van der Waals surface area contributed by atoms with Crippen LogP contribution >= 0.6 is 0 Å². The first-order valence-electron chi connectivity index (χ1n) is 7.47. The third-order valence-electron chi connectivity index (χ3n) is 3.53. The number of halogens is 1. The van der Waals surface area contributed by atoms with Crippen molar-refractivity contribution in [3.8, 4) is 0 Å². The highest BCUT2D eigenvalue weighted by Crippen LogP contribution is 2.23. The fraction of sp³-hybridized carbons (Fsp3) is 0.278. The lowest BCUT2D eigenvalue weighted by atomic mass is 9.87. The van der Waals surface area contributed by atoms with Crippen LogP contribution in [0, 0.1) is 5.82 Å². The summed E-state index contributed by atoms with van der Waals surface area (Å²) in [5.41, 5.74) is 1.58. The predicted octanol–water partition coefficient (Wildman–Crippen LogP) is 3.54. The first-order valence-corrected chi connectivity index (χ1v) is 9.12. The molecule has 0 unspecified atom stereocenters. The van der Waals surface area contributed by atoms with Crippen LogP contribution in [0.15, 0.2) is 53.4 Å². The van der Waals surface area contributed by atoms with Crippen molar-refractivity contribution < 1.29 is 17.6 Å². The van der Waals surface area contributed by atoms with Gasteiger partial charge in [0.25, 0.3) is 0 Å². The van der Waals surface area contributed by atoms with E-state index in [4.69, 9.17) is 0 Å². The van der Waals surface area contributed by atoms with Gasteiger partial charge in [0.2, 0.25) is 5.91 Å². The highest BCUT2D eigenvalue weighted by Gasteiger charge is 2.22. The maximum atomic E-state index is 13.6. The summed E-state index contributed by atoms with van der Waals surface area (Å²) in [5, 5.41) is 2.53. The normalized spacial score (nSPS) is 12.0. The summed E-state index contributed by atoms with van der Waals surface area (Å²) in [5.74, 6) is -2.38. The number of sulfone groups is 1. The molecule has 0 radical (unpaired) electrons.